The zero-order valence-electron chi connectivity index (χ0n) is 53.5. The van der Waals surface area contributed by atoms with Crippen molar-refractivity contribution in [2.75, 3.05) is 26.7 Å². The number of aryl methyl sites for hydroxylation is 1. The molecule has 2 unspecified atom stereocenters. The van der Waals surface area contributed by atoms with Crippen LogP contribution in [0.15, 0.2) is 48.1 Å². The van der Waals surface area contributed by atoms with Gasteiger partial charge in [0.2, 0.25) is 23.6 Å². The van der Waals surface area contributed by atoms with Crippen molar-refractivity contribution < 1.29 is 110 Å². The minimum atomic E-state index is -1.11. The fourth-order valence-electron chi connectivity index (χ4n) is 15.4. The smallest absolute Gasteiger partial charge is 0.243 e. The molecule has 21 atom stereocenters. The number of rotatable bonds is 23. The first-order chi connectivity index (χ1) is 43.8. The van der Waals surface area contributed by atoms with E-state index >= 15 is 0 Å². The van der Waals surface area contributed by atoms with Crippen LogP contribution in [0.1, 0.15) is 149 Å². The van der Waals surface area contributed by atoms with Gasteiger partial charge in [0.1, 0.15) is 54.1 Å². The van der Waals surface area contributed by atoms with Crippen molar-refractivity contribution in [3.63, 3.8) is 0 Å². The maximum absolute atomic E-state index is 14.5. The van der Waals surface area contributed by atoms with Crippen LogP contribution in [0.3, 0.4) is 0 Å². The molecule has 10 saturated heterocycles. The Morgan fingerprint density at radius 1 is 0.804 bits per heavy atom. The van der Waals surface area contributed by atoms with Crippen LogP contribution >= 0.6 is 0 Å². The summed E-state index contributed by atoms with van der Waals surface area (Å²) in [5.41, 5.74) is 9.17. The Kier molecular flexibility index (Phi) is 24.8. The first-order valence-electron chi connectivity index (χ1n) is 33.4. The number of nitrogens with two attached hydrogens (primary N) is 1. The molecule has 7 N–H and O–H groups in total. The van der Waals surface area contributed by atoms with Crippen LogP contribution in [0.4, 0.5) is 0 Å². The van der Waals surface area contributed by atoms with Crippen molar-refractivity contribution in [2.45, 2.75) is 276 Å². The Morgan fingerprint density at radius 3 is 2.34 bits per heavy atom. The summed E-state index contributed by atoms with van der Waals surface area (Å²) in [6.45, 7) is 15.1. The molecule has 0 aromatic carbocycles. The van der Waals surface area contributed by atoms with Gasteiger partial charge in [-0.3, -0.25) is 38.6 Å². The van der Waals surface area contributed by atoms with Gasteiger partial charge in [0.15, 0.2) is 5.79 Å². The molecule has 92 heavy (non-hydrogen) atoms. The number of ether oxygens (including phenoxy) is 9. The van der Waals surface area contributed by atoms with E-state index in [9.17, 15) is 29.1 Å². The molecule has 25 nitrogen and oxygen atoms in total. The van der Waals surface area contributed by atoms with E-state index < -0.39 is 84.7 Å². The number of unbranched alkanes of at least 4 members (excludes halogenated alkanes) is 3. The van der Waals surface area contributed by atoms with Crippen LogP contribution in [-0.4, -0.2) is 202 Å². The fourth-order valence-corrected chi connectivity index (χ4v) is 15.5. The predicted molar refractivity (Wildman–Crippen MR) is 330 cm³/mol. The van der Waals surface area contributed by atoms with Crippen LogP contribution in [0, 0.1) is 56.4 Å². The van der Waals surface area contributed by atoms with Gasteiger partial charge in [-0.05, 0) is 107 Å². The second kappa shape index (κ2) is 32.1. The average Bonchev–Trinajstić information content (AvgIpc) is 1.54. The van der Waals surface area contributed by atoms with Crippen molar-refractivity contribution in [3.05, 3.63) is 42.9 Å². The van der Waals surface area contributed by atoms with Gasteiger partial charge < -0.3 is 87.4 Å². The number of carbonyl (C=O) groups excluding carboxylic acids is 5. The standard InChI is InChI=1S/C65H96N10O15S.Tb/c1-34(2)55(72-53(78)13-8-7-11-21-75-33-46(73-74-75)38-29-69-64(91)70-30-38)63(81)71-45(12-9-10-20-66)62(80)68-32-54(79)67-31-40(77)26-51-56(82-6)44-25-39(76)24-42-15-17-48-57(85-42)61-60-59(87-48)58-52(88-60)28-65(89-58,90-61)19-18-43-23-36(4)47(83-43)16-14-41-22-35(3)37(5)49(84-41)27-50(44)86-51;/h29-30,33-35,40-45,47-52,55-61,77H,4-5,7-28,31-32,66H2,1-3,6H3,(H,67,79)(H,68,80)(H,71,81)(H,72,78)(H,69,70,91);/p-1/t35-,40+,41+,42-,43+,44+,45+,47?,48+,49-,50+,51-,52?,55+,56-,57+,58+,59+,60-,61+,65+;/m1./s1. The second-order valence-corrected chi connectivity index (χ2v) is 27.6. The number of ketones is 1. The number of aliphatic hydroxyl groups excluding tert-OH is 1. The van der Waals surface area contributed by atoms with Gasteiger partial charge in [-0.1, -0.05) is 45.6 Å². The van der Waals surface area contributed by atoms with Gasteiger partial charge in [-0.2, -0.15) is 0 Å². The average molecular weight is 1450 g/mol. The summed E-state index contributed by atoms with van der Waals surface area (Å²) in [5, 5.41) is 31.3. The van der Waals surface area contributed by atoms with E-state index in [1.807, 2.05) is 13.8 Å². The summed E-state index contributed by atoms with van der Waals surface area (Å²) in [6, 6.07) is -1.95. The van der Waals surface area contributed by atoms with E-state index in [0.29, 0.717) is 75.7 Å². The Morgan fingerprint density at radius 2 is 1.55 bits per heavy atom. The molecular formula is C65H95N10O15STb-. The molecule has 511 valence electrons. The van der Waals surface area contributed by atoms with Crippen LogP contribution in [0.5, 0.6) is 0 Å². The Bertz CT molecular complexity index is 2900. The van der Waals surface area contributed by atoms with Gasteiger partial charge in [0.05, 0.1) is 79.9 Å². The van der Waals surface area contributed by atoms with Crippen molar-refractivity contribution >= 4 is 42.0 Å². The number of carbonyl (C=O) groups is 5. The minimum Gasteiger partial charge on any atom is -0.740 e. The summed E-state index contributed by atoms with van der Waals surface area (Å²) in [5.74, 6) is -3.39. The number of nitrogens with zero attached hydrogens (tertiary/aromatic N) is 5. The van der Waals surface area contributed by atoms with Crippen molar-refractivity contribution in [2.24, 2.45) is 23.5 Å². The quantitative estimate of drug-likeness (QED) is 0.0400. The maximum Gasteiger partial charge on any atom is 0.243 e. The molecule has 10 aliphatic heterocycles. The summed E-state index contributed by atoms with van der Waals surface area (Å²) in [4.78, 5) is 76.7. The van der Waals surface area contributed by atoms with Crippen molar-refractivity contribution in [1.82, 2.24) is 46.2 Å². The van der Waals surface area contributed by atoms with Crippen LogP contribution in [0.25, 0.3) is 11.3 Å². The first-order valence-corrected chi connectivity index (χ1v) is 33.8. The number of methoxy groups -OCH3 is 1. The van der Waals surface area contributed by atoms with E-state index in [2.05, 4.69) is 61.6 Å². The minimum absolute atomic E-state index is 0. The first kappa shape index (κ1) is 71.1. The molecule has 2 aromatic rings. The Labute approximate surface area is 575 Å². The number of Topliss-reactive ketones (excluding diaryl/α,β-unsaturated/α-hetero) is 1. The maximum atomic E-state index is 14.5. The van der Waals surface area contributed by atoms with Crippen molar-refractivity contribution in [1.29, 1.82) is 0 Å². The largest absolute Gasteiger partial charge is 0.740 e. The number of aliphatic hydroxyl groups is 1. The van der Waals surface area contributed by atoms with E-state index in [0.717, 1.165) is 56.1 Å². The number of aromatic nitrogens is 5. The van der Waals surface area contributed by atoms with Gasteiger partial charge in [-0.15, -0.1) is 5.10 Å². The van der Waals surface area contributed by atoms with E-state index in [-0.39, 0.29) is 167 Å². The number of nitrogens with one attached hydrogen (secondary N) is 4. The third kappa shape index (κ3) is 17.2. The van der Waals surface area contributed by atoms with E-state index in [1.54, 1.807) is 30.4 Å². The second-order valence-electron chi connectivity index (χ2n) is 27.3. The molecule has 27 heteroatoms. The summed E-state index contributed by atoms with van der Waals surface area (Å²) < 4.78 is 62.6. The number of fused-ring (bicyclic) bond motifs is 6. The molecule has 0 saturated carbocycles. The van der Waals surface area contributed by atoms with Crippen molar-refractivity contribution in [3.8, 4) is 11.3 Å². The third-order valence-corrected chi connectivity index (χ3v) is 20.5. The molecule has 4 amide bonds. The van der Waals surface area contributed by atoms with Crippen LogP contribution in [-0.2, 0) is 85.8 Å². The molecule has 1 radical (unpaired) electrons. The molecule has 12 heterocycles. The zero-order valence-corrected chi connectivity index (χ0v) is 56.4. The van der Waals surface area contributed by atoms with Gasteiger partial charge >= 0.3 is 0 Å². The summed E-state index contributed by atoms with van der Waals surface area (Å²) in [6.07, 6.45) is 9.97. The topological polar surface area (TPSA) is 319 Å². The summed E-state index contributed by atoms with van der Waals surface area (Å²) in [7, 11) is 1.59. The normalized spacial score (nSPS) is 35.1. The Balaban J connectivity index is 0.00000927. The molecule has 2 aromatic heterocycles. The Hall–Kier alpha value is -3.68. The molecule has 1 spiro atoms. The summed E-state index contributed by atoms with van der Waals surface area (Å²) >= 11 is 4.96. The molecule has 10 aliphatic rings. The molecule has 0 aliphatic carbocycles. The van der Waals surface area contributed by atoms with Gasteiger partial charge in [0.25, 0.3) is 0 Å². The fraction of sp³-hybridized carbons (Fsp3) is 0.769. The SMILES string of the molecule is C=C1C[C@@H]2CC[C@@]34CC5O[C@H]6[C@@H](O3)[C@H]3O[C@H](CC[C@@H]3O[C@H]6[C@H]5O4)CC(=O)C[C@@H]3[C@@H](OC)[C@@H](C[C@H](O)CNC(=O)CNC(=O)[C@H](CCCCN)NC(=O)[C@@H](NC(=O)CCCCCn4cc(-c5cnc([S-])nc5)nn4)C(C)C)O[C@H]3C[C@H]3O[C@@H](CCC1O2)C[C@@H](C)C3=C.[Tb]. The molecule has 10 fully saturated rings. The van der Waals surface area contributed by atoms with Gasteiger partial charge in [0, 0.05) is 133 Å². The predicted octanol–water partition coefficient (Wildman–Crippen LogP) is 3.68. The number of hydrogen-bond donors (Lipinski definition) is 6. The zero-order chi connectivity index (χ0) is 64.1. The van der Waals surface area contributed by atoms with E-state index in [4.69, 9.17) is 61.0 Å². The number of amides is 4. The van der Waals surface area contributed by atoms with Gasteiger partial charge in [-0.25, -0.2) is 0 Å². The molecule has 12 bridgehead atoms. The third-order valence-electron chi connectivity index (χ3n) is 20.3. The van der Waals surface area contributed by atoms with E-state index in [1.165, 1.54) is 0 Å². The molecular weight excluding hydrogens is 1350 g/mol. The monoisotopic (exact) mass is 1450 g/mol. The van der Waals surface area contributed by atoms with Crippen LogP contribution < -0.4 is 27.0 Å². The molecule has 12 rings (SSSR count). The van der Waals surface area contributed by atoms with Crippen LogP contribution in [0.2, 0.25) is 0 Å². The number of hydrogen-bond acceptors (Lipinski definition) is 21.